The molecule has 0 spiro atoms. The maximum absolute atomic E-state index is 11.3. The molecule has 4 heteroatoms. The second-order valence-electron chi connectivity index (χ2n) is 3.59. The van der Waals surface area contributed by atoms with Crippen LogP contribution in [0.1, 0.15) is 30.5 Å². The van der Waals surface area contributed by atoms with Gasteiger partial charge in [0, 0.05) is 0 Å². The molecule has 0 unspecified atom stereocenters. The minimum atomic E-state index is -4.18. The molecule has 0 aliphatic rings. The zero-order chi connectivity index (χ0) is 12.3. The molecule has 0 saturated carbocycles. The van der Waals surface area contributed by atoms with Crippen molar-refractivity contribution in [3.05, 3.63) is 35.4 Å². The molecule has 0 aromatic heterocycles. The highest BCUT2D eigenvalue weighted by Gasteiger charge is 2.22. The molecule has 0 radical (unpaired) electrons. The van der Waals surface area contributed by atoms with E-state index < -0.39 is 7.60 Å². The van der Waals surface area contributed by atoms with E-state index in [0.717, 1.165) is 23.1 Å². The third-order valence-corrected chi connectivity index (χ3v) is 3.73. The first-order valence-electron chi connectivity index (χ1n) is 5.29. The second-order valence-corrected chi connectivity index (χ2v) is 5.16. The molecule has 0 amide bonds. The van der Waals surface area contributed by atoms with Gasteiger partial charge in [-0.3, -0.25) is 4.57 Å². The molecule has 0 atom stereocenters. The van der Waals surface area contributed by atoms with Crippen molar-refractivity contribution in [2.75, 3.05) is 0 Å². The number of rotatable bonds is 4. The van der Waals surface area contributed by atoms with Gasteiger partial charge in [-0.1, -0.05) is 32.6 Å². The van der Waals surface area contributed by atoms with Gasteiger partial charge in [0.1, 0.15) is 0 Å². The molecular weight excluding hydrogens is 223 g/mol. The molecule has 0 fully saturated rings. The van der Waals surface area contributed by atoms with Crippen LogP contribution in [0.15, 0.2) is 18.7 Å². The van der Waals surface area contributed by atoms with Gasteiger partial charge in [0.2, 0.25) is 0 Å². The Morgan fingerprint density at radius 2 is 1.81 bits per heavy atom. The monoisotopic (exact) mass is 240 g/mol. The van der Waals surface area contributed by atoms with Crippen molar-refractivity contribution in [3.8, 4) is 0 Å². The summed E-state index contributed by atoms with van der Waals surface area (Å²) < 4.78 is 11.3. The van der Waals surface area contributed by atoms with Gasteiger partial charge in [-0.15, -0.1) is 0 Å². The summed E-state index contributed by atoms with van der Waals surface area (Å²) in [5, 5.41) is 0.150. The quantitative estimate of drug-likeness (QED) is 0.793. The van der Waals surface area contributed by atoms with Crippen LogP contribution in [-0.4, -0.2) is 9.79 Å². The van der Waals surface area contributed by atoms with E-state index in [0.29, 0.717) is 6.42 Å². The van der Waals surface area contributed by atoms with Crippen LogP contribution < -0.4 is 5.30 Å². The fraction of sp³-hybridized carbons (Fsp3) is 0.333. The Kier molecular flexibility index (Phi) is 4.09. The Hall–Kier alpha value is -0.890. The van der Waals surface area contributed by atoms with Gasteiger partial charge in [0.15, 0.2) is 0 Å². The maximum Gasteiger partial charge on any atom is 0.356 e. The molecule has 1 aromatic rings. The van der Waals surface area contributed by atoms with Crippen molar-refractivity contribution in [2.24, 2.45) is 0 Å². The van der Waals surface area contributed by atoms with Gasteiger partial charge in [0.25, 0.3) is 0 Å². The van der Waals surface area contributed by atoms with E-state index in [1.165, 1.54) is 6.07 Å². The van der Waals surface area contributed by atoms with E-state index in [4.69, 9.17) is 0 Å². The van der Waals surface area contributed by atoms with E-state index in [1.807, 2.05) is 13.8 Å². The van der Waals surface area contributed by atoms with E-state index in [2.05, 4.69) is 6.58 Å². The largest absolute Gasteiger partial charge is 0.356 e. The normalized spacial score (nSPS) is 11.5. The van der Waals surface area contributed by atoms with Gasteiger partial charge >= 0.3 is 7.60 Å². The fourth-order valence-electron chi connectivity index (χ4n) is 1.97. The van der Waals surface area contributed by atoms with Crippen molar-refractivity contribution in [1.29, 1.82) is 0 Å². The Bertz CT molecular complexity index is 446. The first-order chi connectivity index (χ1) is 7.45. The first kappa shape index (κ1) is 13.2. The minimum absolute atomic E-state index is 0.150. The van der Waals surface area contributed by atoms with Crippen LogP contribution in [0, 0.1) is 0 Å². The van der Waals surface area contributed by atoms with Crippen LogP contribution in [-0.2, 0) is 17.4 Å². The predicted octanol–water partition coefficient (Wildman–Crippen LogP) is 2.26. The molecular formula is C12H17O3P. The van der Waals surface area contributed by atoms with Crippen LogP contribution in [0.2, 0.25) is 0 Å². The lowest BCUT2D eigenvalue weighted by atomic mass is 9.97. The topological polar surface area (TPSA) is 57.5 Å². The molecule has 0 aliphatic heterocycles. The molecule has 0 aliphatic carbocycles. The smallest absolute Gasteiger partial charge is 0.321 e. The van der Waals surface area contributed by atoms with E-state index in [9.17, 15) is 14.4 Å². The first-order valence-corrected chi connectivity index (χ1v) is 6.90. The van der Waals surface area contributed by atoms with Crippen LogP contribution in [0.5, 0.6) is 0 Å². The summed E-state index contributed by atoms with van der Waals surface area (Å²) in [4.78, 5) is 18.5. The summed E-state index contributed by atoms with van der Waals surface area (Å²) in [5.74, 6) is 0. The van der Waals surface area contributed by atoms with E-state index >= 15 is 0 Å². The SMILES string of the molecule is C=Cc1ccc(P(=O)(O)O)c(CC)c1CC. The molecule has 0 heterocycles. The summed E-state index contributed by atoms with van der Waals surface area (Å²) in [6, 6.07) is 3.23. The van der Waals surface area contributed by atoms with Gasteiger partial charge in [-0.25, -0.2) is 0 Å². The Balaban J connectivity index is 3.56. The number of hydrogen-bond donors (Lipinski definition) is 2. The highest BCUT2D eigenvalue weighted by atomic mass is 31.2. The summed E-state index contributed by atoms with van der Waals surface area (Å²) in [6.45, 7) is 7.59. The van der Waals surface area contributed by atoms with Crippen molar-refractivity contribution < 1.29 is 14.4 Å². The average molecular weight is 240 g/mol. The van der Waals surface area contributed by atoms with Gasteiger partial charge in [-0.2, -0.15) is 0 Å². The van der Waals surface area contributed by atoms with Crippen molar-refractivity contribution >= 4 is 19.0 Å². The third kappa shape index (κ3) is 2.43. The molecule has 1 rings (SSSR count). The Morgan fingerprint density at radius 1 is 1.25 bits per heavy atom. The van der Waals surface area contributed by atoms with Crippen LogP contribution in [0.3, 0.4) is 0 Å². The lowest BCUT2D eigenvalue weighted by molar-refractivity contribution is 0.387. The van der Waals surface area contributed by atoms with Gasteiger partial charge in [-0.05, 0) is 35.6 Å². The molecule has 88 valence electrons. The lowest BCUT2D eigenvalue weighted by Crippen LogP contribution is -2.14. The highest BCUT2D eigenvalue weighted by Crippen LogP contribution is 2.36. The summed E-state index contributed by atoms with van der Waals surface area (Å²) >= 11 is 0. The predicted molar refractivity (Wildman–Crippen MR) is 67.0 cm³/mol. The zero-order valence-electron chi connectivity index (χ0n) is 9.60. The summed E-state index contributed by atoms with van der Waals surface area (Å²) in [6.07, 6.45) is 3.09. The standard InChI is InChI=1S/C12H17O3P/c1-4-9-7-8-12(16(13,14)15)11(6-3)10(9)5-2/h4,7-8H,1,5-6H2,2-3H3,(H2,13,14,15). The molecule has 2 N–H and O–H groups in total. The minimum Gasteiger partial charge on any atom is -0.321 e. The van der Waals surface area contributed by atoms with Crippen molar-refractivity contribution in [3.63, 3.8) is 0 Å². The highest BCUT2D eigenvalue weighted by molar-refractivity contribution is 7.60. The average Bonchev–Trinajstić information content (AvgIpc) is 2.25. The van der Waals surface area contributed by atoms with Gasteiger partial charge in [0.05, 0.1) is 5.30 Å². The Labute approximate surface area is 96.0 Å². The fourth-order valence-corrected chi connectivity index (χ4v) is 2.89. The van der Waals surface area contributed by atoms with E-state index in [-0.39, 0.29) is 5.30 Å². The van der Waals surface area contributed by atoms with Crippen LogP contribution in [0.4, 0.5) is 0 Å². The van der Waals surface area contributed by atoms with Crippen molar-refractivity contribution in [1.82, 2.24) is 0 Å². The third-order valence-electron chi connectivity index (χ3n) is 2.68. The molecule has 1 aromatic carbocycles. The molecule has 16 heavy (non-hydrogen) atoms. The van der Waals surface area contributed by atoms with E-state index in [1.54, 1.807) is 12.1 Å². The molecule has 3 nitrogen and oxygen atoms in total. The number of benzene rings is 1. The lowest BCUT2D eigenvalue weighted by Gasteiger charge is -2.16. The zero-order valence-corrected chi connectivity index (χ0v) is 10.5. The van der Waals surface area contributed by atoms with Crippen LogP contribution in [0.25, 0.3) is 6.08 Å². The second kappa shape index (κ2) is 4.96. The van der Waals surface area contributed by atoms with Crippen LogP contribution >= 0.6 is 7.60 Å². The summed E-state index contributed by atoms with van der Waals surface area (Å²) in [5.41, 5.74) is 2.70. The molecule has 0 bridgehead atoms. The maximum atomic E-state index is 11.3. The number of hydrogen-bond acceptors (Lipinski definition) is 1. The van der Waals surface area contributed by atoms with Gasteiger partial charge < -0.3 is 9.79 Å². The van der Waals surface area contributed by atoms with Crippen molar-refractivity contribution in [2.45, 2.75) is 26.7 Å². The summed E-state index contributed by atoms with van der Waals surface area (Å²) in [7, 11) is -4.18. The molecule has 0 saturated heterocycles. The Morgan fingerprint density at radius 3 is 2.19 bits per heavy atom.